The standard InChI is InChI=1S/C31H33ClN4O4S/c1-30(19-22-20-34-26-14-6-4-11-23(22)26,36-41(39,40)28(37)24-12-3-5-13-25(24)32)29(38)35-21-31(16-8-2-9-17-31)27-15-7-10-18-33-27/h3-7,10-15,18,20,34,36H,2,8-9,16-17,19,21H2,1H3,(H,35,38)/t30-/m0/s1. The molecule has 1 aliphatic rings. The van der Waals surface area contributed by atoms with Gasteiger partial charge in [0.1, 0.15) is 5.54 Å². The van der Waals surface area contributed by atoms with Crippen LogP contribution in [0.25, 0.3) is 10.9 Å². The molecule has 2 aromatic carbocycles. The number of rotatable bonds is 9. The van der Waals surface area contributed by atoms with Gasteiger partial charge in [-0.05, 0) is 55.7 Å². The van der Waals surface area contributed by atoms with Crippen molar-refractivity contribution in [3.8, 4) is 0 Å². The minimum Gasteiger partial charge on any atom is -0.361 e. The molecule has 1 atom stereocenters. The number of hydrogen-bond donors (Lipinski definition) is 3. The molecule has 41 heavy (non-hydrogen) atoms. The van der Waals surface area contributed by atoms with Crippen molar-refractivity contribution in [2.24, 2.45) is 0 Å². The molecule has 4 aromatic rings. The largest absolute Gasteiger partial charge is 0.361 e. The molecule has 2 aromatic heterocycles. The molecule has 0 aliphatic heterocycles. The van der Waals surface area contributed by atoms with Crippen molar-refractivity contribution in [2.75, 3.05) is 6.54 Å². The Hall–Kier alpha value is -3.53. The highest BCUT2D eigenvalue weighted by Crippen LogP contribution is 2.38. The van der Waals surface area contributed by atoms with E-state index in [1.54, 1.807) is 18.5 Å². The second-order valence-electron chi connectivity index (χ2n) is 11.0. The van der Waals surface area contributed by atoms with Crippen molar-refractivity contribution >= 4 is 43.5 Å². The fourth-order valence-corrected chi connectivity index (χ4v) is 7.40. The second kappa shape index (κ2) is 11.8. The summed E-state index contributed by atoms with van der Waals surface area (Å²) >= 11 is 6.15. The van der Waals surface area contributed by atoms with Gasteiger partial charge in [0.15, 0.2) is 0 Å². The molecule has 0 radical (unpaired) electrons. The maximum Gasteiger partial charge on any atom is 0.293 e. The van der Waals surface area contributed by atoms with Crippen molar-refractivity contribution in [3.05, 3.63) is 101 Å². The van der Waals surface area contributed by atoms with Crippen LogP contribution in [0.5, 0.6) is 0 Å². The summed E-state index contributed by atoms with van der Waals surface area (Å²) in [7, 11) is -4.66. The molecule has 2 heterocycles. The molecule has 5 rings (SSSR count). The summed E-state index contributed by atoms with van der Waals surface area (Å²) in [5.74, 6) is -0.529. The van der Waals surface area contributed by atoms with Gasteiger partial charge in [-0.15, -0.1) is 0 Å². The number of carbonyl (C=O) groups is 2. The molecular weight excluding hydrogens is 560 g/mol. The van der Waals surface area contributed by atoms with E-state index >= 15 is 0 Å². The Morgan fingerprint density at radius 3 is 2.44 bits per heavy atom. The van der Waals surface area contributed by atoms with Gasteiger partial charge >= 0.3 is 0 Å². The van der Waals surface area contributed by atoms with Crippen molar-refractivity contribution in [1.29, 1.82) is 0 Å². The van der Waals surface area contributed by atoms with Gasteiger partial charge in [0, 0.05) is 47.4 Å². The summed E-state index contributed by atoms with van der Waals surface area (Å²) in [4.78, 5) is 35.0. The van der Waals surface area contributed by atoms with Gasteiger partial charge in [0.05, 0.1) is 10.6 Å². The first kappa shape index (κ1) is 29.0. The van der Waals surface area contributed by atoms with E-state index < -0.39 is 26.6 Å². The lowest BCUT2D eigenvalue weighted by atomic mass is 9.71. The van der Waals surface area contributed by atoms with Crippen LogP contribution in [0, 0.1) is 0 Å². The number of sulfonamides is 1. The lowest BCUT2D eigenvalue weighted by Crippen LogP contribution is -2.60. The van der Waals surface area contributed by atoms with Crippen LogP contribution in [-0.4, -0.2) is 41.5 Å². The van der Waals surface area contributed by atoms with Crippen LogP contribution in [0.1, 0.15) is 60.6 Å². The van der Waals surface area contributed by atoms with Gasteiger partial charge in [-0.3, -0.25) is 14.6 Å². The van der Waals surface area contributed by atoms with Crippen LogP contribution in [0.3, 0.4) is 0 Å². The Kier molecular flexibility index (Phi) is 8.31. The van der Waals surface area contributed by atoms with Gasteiger partial charge in [0.25, 0.3) is 15.1 Å². The highest BCUT2D eigenvalue weighted by molar-refractivity contribution is 8.05. The summed E-state index contributed by atoms with van der Waals surface area (Å²) < 4.78 is 29.4. The average Bonchev–Trinajstić information content (AvgIpc) is 3.38. The molecule has 214 valence electrons. The number of hydrogen-bond acceptors (Lipinski definition) is 5. The van der Waals surface area contributed by atoms with E-state index in [0.717, 1.165) is 54.3 Å². The SMILES string of the molecule is C[C@@](Cc1c[nH]c2ccccc12)(NS(=O)(=O)C(=O)c1ccccc1Cl)C(=O)NCC1(c2ccccn2)CCCCC1. The first-order chi connectivity index (χ1) is 19.6. The molecule has 1 amide bonds. The minimum absolute atomic E-state index is 0.00840. The number of carbonyl (C=O) groups excluding carboxylic acids is 2. The Morgan fingerprint density at radius 2 is 1.71 bits per heavy atom. The fraction of sp³-hybridized carbons (Fsp3) is 0.323. The van der Waals surface area contributed by atoms with Crippen molar-refractivity contribution in [1.82, 2.24) is 20.0 Å². The smallest absolute Gasteiger partial charge is 0.293 e. The third-order valence-electron chi connectivity index (χ3n) is 8.02. The van der Waals surface area contributed by atoms with Crippen LogP contribution < -0.4 is 10.0 Å². The summed E-state index contributed by atoms with van der Waals surface area (Å²) in [6.07, 6.45) is 8.38. The van der Waals surface area contributed by atoms with Crippen LogP contribution in [-0.2, 0) is 26.7 Å². The predicted molar refractivity (Wildman–Crippen MR) is 160 cm³/mol. The van der Waals surface area contributed by atoms with Crippen LogP contribution in [0.2, 0.25) is 5.02 Å². The first-order valence-corrected chi connectivity index (χ1v) is 15.6. The van der Waals surface area contributed by atoms with Gasteiger partial charge < -0.3 is 10.3 Å². The zero-order valence-electron chi connectivity index (χ0n) is 22.8. The highest BCUT2D eigenvalue weighted by Gasteiger charge is 2.43. The molecule has 3 N–H and O–H groups in total. The lowest BCUT2D eigenvalue weighted by Gasteiger charge is -2.38. The number of benzene rings is 2. The first-order valence-electron chi connectivity index (χ1n) is 13.7. The molecule has 10 heteroatoms. The maximum absolute atomic E-state index is 14.0. The van der Waals surface area contributed by atoms with E-state index in [-0.39, 0.29) is 22.4 Å². The number of fused-ring (bicyclic) bond motifs is 1. The Bertz CT molecular complexity index is 1670. The highest BCUT2D eigenvalue weighted by atomic mass is 35.5. The molecule has 1 fully saturated rings. The summed E-state index contributed by atoms with van der Waals surface area (Å²) in [5, 5.41) is 2.73. The molecule has 1 aliphatic carbocycles. The topological polar surface area (TPSA) is 121 Å². The number of nitrogens with zero attached hydrogens (tertiary/aromatic N) is 1. The summed E-state index contributed by atoms with van der Waals surface area (Å²) in [6, 6.07) is 19.3. The van der Waals surface area contributed by atoms with Crippen molar-refractivity contribution in [3.63, 3.8) is 0 Å². The number of para-hydroxylation sites is 1. The molecule has 8 nitrogen and oxygen atoms in total. The van der Waals surface area contributed by atoms with E-state index in [9.17, 15) is 18.0 Å². The van der Waals surface area contributed by atoms with Crippen LogP contribution in [0.4, 0.5) is 0 Å². The van der Waals surface area contributed by atoms with Crippen molar-refractivity contribution < 1.29 is 18.0 Å². The Balaban J connectivity index is 1.47. The van der Waals surface area contributed by atoms with E-state index in [0.29, 0.717) is 6.54 Å². The molecule has 0 unspecified atom stereocenters. The lowest BCUT2D eigenvalue weighted by molar-refractivity contribution is -0.126. The van der Waals surface area contributed by atoms with Crippen molar-refractivity contribution in [2.45, 2.75) is 56.4 Å². The molecule has 0 spiro atoms. The van der Waals surface area contributed by atoms with E-state index in [1.165, 1.54) is 25.1 Å². The summed E-state index contributed by atoms with van der Waals surface area (Å²) in [5.41, 5.74) is 0.296. The van der Waals surface area contributed by atoms with E-state index in [4.69, 9.17) is 11.6 Å². The third-order valence-corrected chi connectivity index (χ3v) is 9.78. The van der Waals surface area contributed by atoms with E-state index in [1.807, 2.05) is 42.5 Å². The molecular formula is C31H33ClN4O4S. The summed E-state index contributed by atoms with van der Waals surface area (Å²) in [6.45, 7) is 1.81. The number of H-pyrrole nitrogens is 1. The normalized spacial score (nSPS) is 16.6. The number of pyridine rings is 1. The van der Waals surface area contributed by atoms with Gasteiger partial charge in [-0.1, -0.05) is 67.3 Å². The predicted octanol–water partition coefficient (Wildman–Crippen LogP) is 5.30. The van der Waals surface area contributed by atoms with Crippen LogP contribution >= 0.6 is 11.6 Å². The third kappa shape index (κ3) is 6.07. The minimum atomic E-state index is -4.66. The number of halogens is 1. The van der Waals surface area contributed by atoms with Gasteiger partial charge in [0.2, 0.25) is 5.91 Å². The Morgan fingerprint density at radius 1 is 1.00 bits per heavy atom. The maximum atomic E-state index is 14.0. The number of nitrogens with one attached hydrogen (secondary N) is 3. The number of amides is 1. The van der Waals surface area contributed by atoms with E-state index in [2.05, 4.69) is 20.0 Å². The monoisotopic (exact) mass is 592 g/mol. The quantitative estimate of drug-likeness (QED) is 0.244. The van der Waals surface area contributed by atoms with Gasteiger partial charge in [-0.25, -0.2) is 8.42 Å². The zero-order chi connectivity index (χ0) is 29.1. The van der Waals surface area contributed by atoms with Gasteiger partial charge in [-0.2, -0.15) is 4.72 Å². The second-order valence-corrected chi connectivity index (χ2v) is 13.0. The molecule has 1 saturated carbocycles. The zero-order valence-corrected chi connectivity index (χ0v) is 24.4. The fourth-order valence-electron chi connectivity index (χ4n) is 5.81. The molecule has 0 bridgehead atoms. The van der Waals surface area contributed by atoms with Crippen LogP contribution in [0.15, 0.2) is 79.1 Å². The molecule has 0 saturated heterocycles. The average molecular weight is 593 g/mol. The Labute approximate surface area is 245 Å². The number of aromatic amines is 1. The number of aromatic nitrogens is 2.